The van der Waals surface area contributed by atoms with Crippen molar-refractivity contribution in [3.8, 4) is 11.8 Å². The van der Waals surface area contributed by atoms with E-state index in [0.717, 1.165) is 0 Å². The van der Waals surface area contributed by atoms with E-state index in [9.17, 15) is 12.8 Å². The van der Waals surface area contributed by atoms with Crippen molar-refractivity contribution in [2.24, 2.45) is 11.1 Å². The molecule has 4 nitrogen and oxygen atoms in total. The summed E-state index contributed by atoms with van der Waals surface area (Å²) >= 11 is 0. The Morgan fingerprint density at radius 2 is 2.00 bits per heavy atom. The highest BCUT2D eigenvalue weighted by Gasteiger charge is 2.18. The Bertz CT molecular complexity index is 652. The summed E-state index contributed by atoms with van der Waals surface area (Å²) in [6.07, 6.45) is 0.490. The van der Waals surface area contributed by atoms with Crippen molar-refractivity contribution < 1.29 is 12.8 Å². The maximum atomic E-state index is 13.9. The van der Waals surface area contributed by atoms with E-state index in [2.05, 4.69) is 16.6 Å². The summed E-state index contributed by atoms with van der Waals surface area (Å²) in [6.45, 7) is 6.04. The largest absolute Gasteiger partial charge is 0.320 e. The normalized spacial score (nSPS) is 11.7. The molecule has 0 radical (unpaired) electrons. The predicted octanol–water partition coefficient (Wildman–Crippen LogP) is 2.31. The molecule has 3 N–H and O–H groups in total. The lowest BCUT2D eigenvalue weighted by Crippen LogP contribution is -2.21. The van der Waals surface area contributed by atoms with E-state index >= 15 is 0 Å². The molecule has 0 aliphatic carbocycles. The van der Waals surface area contributed by atoms with Gasteiger partial charge in [-0.2, -0.15) is 0 Å². The summed E-state index contributed by atoms with van der Waals surface area (Å²) in [4.78, 5) is 0. The third-order valence-corrected chi connectivity index (χ3v) is 3.96. The van der Waals surface area contributed by atoms with Crippen LogP contribution in [0.5, 0.6) is 0 Å². The third-order valence-electron chi connectivity index (χ3n) is 2.69. The highest BCUT2D eigenvalue weighted by molar-refractivity contribution is 7.92. The van der Waals surface area contributed by atoms with Gasteiger partial charge in [-0.25, -0.2) is 12.8 Å². The molecule has 0 saturated heterocycles. The lowest BCUT2D eigenvalue weighted by Gasteiger charge is -2.18. The maximum Gasteiger partial charge on any atom is 0.232 e. The van der Waals surface area contributed by atoms with Gasteiger partial charge in [0.05, 0.1) is 18.0 Å². The summed E-state index contributed by atoms with van der Waals surface area (Å²) in [7, 11) is -3.57. The van der Waals surface area contributed by atoms with Crippen LogP contribution < -0.4 is 10.5 Å². The van der Waals surface area contributed by atoms with E-state index < -0.39 is 15.8 Å². The van der Waals surface area contributed by atoms with Gasteiger partial charge in [-0.15, -0.1) is 0 Å². The number of hydrogen-bond donors (Lipinski definition) is 2. The number of rotatable bonds is 4. The molecule has 0 aliphatic rings. The molecule has 1 rings (SSSR count). The number of halogens is 1. The fraction of sp³-hybridized carbons (Fsp3) is 0.467. The van der Waals surface area contributed by atoms with Crippen LogP contribution in [0.2, 0.25) is 0 Å². The van der Waals surface area contributed by atoms with Gasteiger partial charge in [-0.05, 0) is 30.0 Å². The molecule has 21 heavy (non-hydrogen) atoms. The molecule has 1 aromatic rings. The first-order valence-electron chi connectivity index (χ1n) is 6.62. The zero-order chi connectivity index (χ0) is 16.1. The van der Waals surface area contributed by atoms with Crippen LogP contribution in [0, 0.1) is 23.1 Å². The summed E-state index contributed by atoms with van der Waals surface area (Å²) < 4.78 is 40.0. The van der Waals surface area contributed by atoms with Crippen molar-refractivity contribution in [1.82, 2.24) is 0 Å². The highest BCUT2D eigenvalue weighted by Crippen LogP contribution is 2.21. The monoisotopic (exact) mass is 312 g/mol. The van der Waals surface area contributed by atoms with E-state index in [1.165, 1.54) is 12.1 Å². The van der Waals surface area contributed by atoms with Gasteiger partial charge in [0.1, 0.15) is 5.82 Å². The molecule has 0 atom stereocenters. The lowest BCUT2D eigenvalue weighted by molar-refractivity contribution is 0.397. The molecule has 0 bridgehead atoms. The van der Waals surface area contributed by atoms with Crippen LogP contribution in [-0.2, 0) is 10.0 Å². The SMILES string of the molecule is CC(C)(C)CCS(=O)(=O)Nc1ccc(C#CCN)cc1F. The molecule has 0 aromatic heterocycles. The molecule has 116 valence electrons. The van der Waals surface area contributed by atoms with Crippen molar-refractivity contribution in [1.29, 1.82) is 0 Å². The van der Waals surface area contributed by atoms with E-state index in [4.69, 9.17) is 5.73 Å². The topological polar surface area (TPSA) is 72.2 Å². The Kier molecular flexibility index (Phi) is 5.76. The molecule has 0 unspecified atom stereocenters. The van der Waals surface area contributed by atoms with E-state index in [-0.39, 0.29) is 23.4 Å². The van der Waals surface area contributed by atoms with Crippen LogP contribution in [0.4, 0.5) is 10.1 Å². The first-order valence-corrected chi connectivity index (χ1v) is 8.27. The Morgan fingerprint density at radius 3 is 2.52 bits per heavy atom. The van der Waals surface area contributed by atoms with Gasteiger partial charge < -0.3 is 5.73 Å². The highest BCUT2D eigenvalue weighted by atomic mass is 32.2. The number of benzene rings is 1. The zero-order valence-corrected chi connectivity index (χ0v) is 13.3. The molecular formula is C15H21FN2O2S. The second-order valence-corrected chi connectivity index (χ2v) is 7.77. The molecule has 0 heterocycles. The van der Waals surface area contributed by atoms with Crippen LogP contribution in [0.1, 0.15) is 32.8 Å². The van der Waals surface area contributed by atoms with Gasteiger partial charge in [0.15, 0.2) is 0 Å². The molecule has 0 saturated carbocycles. The summed E-state index contributed by atoms with van der Waals surface area (Å²) in [5.74, 6) is 4.59. The van der Waals surface area contributed by atoms with Gasteiger partial charge in [0.25, 0.3) is 0 Å². The molecule has 1 aromatic carbocycles. The van der Waals surface area contributed by atoms with Gasteiger partial charge in [0.2, 0.25) is 10.0 Å². The summed E-state index contributed by atoms with van der Waals surface area (Å²) in [5, 5.41) is 0. The van der Waals surface area contributed by atoms with Crippen molar-refractivity contribution >= 4 is 15.7 Å². The van der Waals surface area contributed by atoms with Crippen molar-refractivity contribution in [3.05, 3.63) is 29.6 Å². The van der Waals surface area contributed by atoms with Gasteiger partial charge in [0, 0.05) is 5.56 Å². The smallest absolute Gasteiger partial charge is 0.232 e. The third kappa shape index (κ3) is 6.61. The van der Waals surface area contributed by atoms with Crippen molar-refractivity contribution in [3.63, 3.8) is 0 Å². The molecule has 6 heteroatoms. The number of sulfonamides is 1. The van der Waals surface area contributed by atoms with E-state index in [1.54, 1.807) is 6.07 Å². The van der Waals surface area contributed by atoms with Crippen LogP contribution in [0.25, 0.3) is 0 Å². The summed E-state index contributed by atoms with van der Waals surface area (Å²) in [5.41, 5.74) is 5.52. The number of nitrogens with two attached hydrogens (primary N) is 1. The number of hydrogen-bond acceptors (Lipinski definition) is 3. The fourth-order valence-electron chi connectivity index (χ4n) is 1.49. The van der Waals surface area contributed by atoms with Crippen LogP contribution >= 0.6 is 0 Å². The van der Waals surface area contributed by atoms with E-state index in [0.29, 0.717) is 12.0 Å². The van der Waals surface area contributed by atoms with Crippen molar-refractivity contribution in [2.75, 3.05) is 17.0 Å². The average molecular weight is 312 g/mol. The minimum atomic E-state index is -3.57. The summed E-state index contributed by atoms with van der Waals surface area (Å²) in [6, 6.07) is 4.10. The van der Waals surface area contributed by atoms with Crippen LogP contribution in [0.15, 0.2) is 18.2 Å². The second-order valence-electron chi connectivity index (χ2n) is 5.93. The van der Waals surface area contributed by atoms with Crippen LogP contribution in [0.3, 0.4) is 0 Å². The molecular weight excluding hydrogens is 291 g/mol. The molecule has 0 spiro atoms. The minimum Gasteiger partial charge on any atom is -0.320 e. The standard InChI is InChI=1S/C15H21FN2O2S/c1-15(2,3)8-10-21(19,20)18-14-7-6-12(5-4-9-17)11-13(14)16/h6-7,11,18H,8-10,17H2,1-3H3. The quantitative estimate of drug-likeness (QED) is 0.838. The minimum absolute atomic E-state index is 0.0509. The molecule has 0 aliphatic heterocycles. The Hall–Kier alpha value is -1.58. The predicted molar refractivity (Wildman–Crippen MR) is 83.8 cm³/mol. The first kappa shape index (κ1) is 17.5. The average Bonchev–Trinajstić information content (AvgIpc) is 2.36. The molecule has 0 amide bonds. The lowest BCUT2D eigenvalue weighted by atomic mass is 9.94. The van der Waals surface area contributed by atoms with Crippen molar-refractivity contribution in [2.45, 2.75) is 27.2 Å². The zero-order valence-electron chi connectivity index (χ0n) is 12.5. The fourth-order valence-corrected chi connectivity index (χ4v) is 2.97. The first-order chi connectivity index (χ1) is 9.63. The van der Waals surface area contributed by atoms with E-state index in [1.807, 2.05) is 20.8 Å². The second kappa shape index (κ2) is 6.92. The Balaban J connectivity index is 2.83. The molecule has 0 fully saturated rings. The van der Waals surface area contributed by atoms with Gasteiger partial charge in [-0.3, -0.25) is 4.72 Å². The number of nitrogens with one attached hydrogen (secondary N) is 1. The number of anilines is 1. The maximum absolute atomic E-state index is 13.9. The van der Waals surface area contributed by atoms with Gasteiger partial charge >= 0.3 is 0 Å². The Morgan fingerprint density at radius 1 is 1.33 bits per heavy atom. The van der Waals surface area contributed by atoms with Crippen LogP contribution in [-0.4, -0.2) is 20.7 Å². The van der Waals surface area contributed by atoms with Gasteiger partial charge in [-0.1, -0.05) is 32.6 Å². The Labute approximate surface area is 126 Å².